The number of halogens is 2. The monoisotopic (exact) mass is 494 g/mol. The van der Waals surface area contributed by atoms with Crippen LogP contribution in [0.2, 0.25) is 0 Å². The predicted octanol–water partition coefficient (Wildman–Crippen LogP) is 4.18. The molecule has 0 bridgehead atoms. The average Bonchev–Trinajstić information content (AvgIpc) is 3.19. The summed E-state index contributed by atoms with van der Waals surface area (Å²) in [7, 11) is 0. The maximum Gasteiger partial charge on any atom is 0.407 e. The molecule has 1 atom stereocenters. The number of rotatable bonds is 9. The molecule has 36 heavy (non-hydrogen) atoms. The van der Waals surface area contributed by atoms with Gasteiger partial charge in [-0.25, -0.2) is 18.4 Å². The van der Waals surface area contributed by atoms with Gasteiger partial charge in [0, 0.05) is 12.3 Å². The smallest absolute Gasteiger partial charge is 0.407 e. The zero-order chi connectivity index (χ0) is 25.7. The van der Waals surface area contributed by atoms with E-state index in [9.17, 15) is 23.2 Å². The van der Waals surface area contributed by atoms with E-state index in [0.29, 0.717) is 0 Å². The molecule has 0 spiro atoms. The number of carbonyl (C=O) groups excluding carboxylic acids is 3. The van der Waals surface area contributed by atoms with E-state index in [-0.39, 0.29) is 37.5 Å². The molecule has 186 valence electrons. The number of amides is 2. The van der Waals surface area contributed by atoms with E-state index in [1.54, 1.807) is 0 Å². The summed E-state index contributed by atoms with van der Waals surface area (Å²) in [5.41, 5.74) is 9.61. The molecule has 0 radical (unpaired) electrons. The van der Waals surface area contributed by atoms with Crippen molar-refractivity contribution in [2.45, 2.75) is 31.4 Å². The van der Waals surface area contributed by atoms with Gasteiger partial charge in [-0.3, -0.25) is 4.79 Å². The molecule has 3 N–H and O–H groups in total. The summed E-state index contributed by atoms with van der Waals surface area (Å²) in [5, 5.41) is 2.42. The molecule has 1 aliphatic carbocycles. The van der Waals surface area contributed by atoms with Gasteiger partial charge in [-0.1, -0.05) is 54.6 Å². The molecule has 1 aliphatic rings. The molecule has 0 saturated carbocycles. The summed E-state index contributed by atoms with van der Waals surface area (Å²) in [6.45, 7) is -0.318. The van der Waals surface area contributed by atoms with Gasteiger partial charge in [-0.2, -0.15) is 0 Å². The summed E-state index contributed by atoms with van der Waals surface area (Å²) >= 11 is 0. The van der Waals surface area contributed by atoms with Gasteiger partial charge in [0.05, 0.1) is 0 Å². The van der Waals surface area contributed by atoms with Crippen molar-refractivity contribution in [1.82, 2.24) is 5.32 Å². The average molecular weight is 494 g/mol. The summed E-state index contributed by atoms with van der Waals surface area (Å²) in [6.07, 6.45) is -1.17. The highest BCUT2D eigenvalue weighted by Crippen LogP contribution is 2.44. The summed E-state index contributed by atoms with van der Waals surface area (Å²) in [6, 6.07) is 17.6. The lowest BCUT2D eigenvalue weighted by molar-refractivity contribution is -0.147. The van der Waals surface area contributed by atoms with Crippen LogP contribution in [0.5, 0.6) is 0 Å². The Hall–Kier alpha value is -4.27. The Labute approximate surface area is 206 Å². The van der Waals surface area contributed by atoms with Gasteiger partial charge < -0.3 is 20.5 Å². The van der Waals surface area contributed by atoms with Crippen molar-refractivity contribution >= 4 is 18.0 Å². The van der Waals surface area contributed by atoms with Gasteiger partial charge in [0.1, 0.15) is 19.3 Å². The zero-order valence-electron chi connectivity index (χ0n) is 19.2. The van der Waals surface area contributed by atoms with Crippen LogP contribution in [-0.2, 0) is 25.7 Å². The van der Waals surface area contributed by atoms with Crippen molar-refractivity contribution in [2.75, 3.05) is 6.61 Å². The van der Waals surface area contributed by atoms with Crippen LogP contribution >= 0.6 is 0 Å². The summed E-state index contributed by atoms with van der Waals surface area (Å²) in [4.78, 5) is 36.4. The minimum atomic E-state index is -1.22. The van der Waals surface area contributed by atoms with Gasteiger partial charge in [-0.15, -0.1) is 0 Å². The fourth-order valence-electron chi connectivity index (χ4n) is 4.20. The lowest BCUT2D eigenvalue weighted by Crippen LogP contribution is -2.43. The van der Waals surface area contributed by atoms with E-state index < -0.39 is 35.6 Å². The zero-order valence-corrected chi connectivity index (χ0v) is 19.2. The van der Waals surface area contributed by atoms with Gasteiger partial charge in [-0.05, 0) is 46.4 Å². The minimum Gasteiger partial charge on any atom is -0.459 e. The molecule has 9 heteroatoms. The largest absolute Gasteiger partial charge is 0.459 e. The van der Waals surface area contributed by atoms with Crippen molar-refractivity contribution in [2.24, 2.45) is 5.73 Å². The first-order chi connectivity index (χ1) is 17.3. The second-order valence-electron chi connectivity index (χ2n) is 8.38. The topological polar surface area (TPSA) is 108 Å². The number of hydrogen-bond acceptors (Lipinski definition) is 5. The normalized spacial score (nSPS) is 12.8. The molecule has 2 amide bonds. The molecule has 0 unspecified atom stereocenters. The Bertz CT molecular complexity index is 1250. The highest BCUT2D eigenvalue weighted by Gasteiger charge is 2.30. The quantitative estimate of drug-likeness (QED) is 0.434. The fourth-order valence-corrected chi connectivity index (χ4v) is 4.20. The van der Waals surface area contributed by atoms with Crippen molar-refractivity contribution in [3.05, 3.63) is 95.1 Å². The van der Waals surface area contributed by atoms with Gasteiger partial charge in [0.2, 0.25) is 5.91 Å². The first kappa shape index (κ1) is 24.8. The van der Waals surface area contributed by atoms with Crippen LogP contribution in [-0.4, -0.2) is 30.6 Å². The summed E-state index contributed by atoms with van der Waals surface area (Å²) in [5.74, 6) is -3.81. The van der Waals surface area contributed by atoms with Crippen molar-refractivity contribution < 1.29 is 32.6 Å². The maximum atomic E-state index is 13.4. The molecular formula is C27H24F2N2O5. The number of esters is 1. The van der Waals surface area contributed by atoms with Crippen molar-refractivity contribution in [3.8, 4) is 11.1 Å². The Morgan fingerprint density at radius 1 is 0.889 bits per heavy atom. The number of fused-ring (bicyclic) bond motifs is 3. The molecule has 0 aliphatic heterocycles. The lowest BCUT2D eigenvalue weighted by Gasteiger charge is -2.19. The van der Waals surface area contributed by atoms with Crippen LogP contribution < -0.4 is 11.1 Å². The molecule has 4 rings (SSSR count). The van der Waals surface area contributed by atoms with Crippen LogP contribution in [0.25, 0.3) is 11.1 Å². The van der Waals surface area contributed by atoms with Gasteiger partial charge in [0.25, 0.3) is 0 Å². The molecule has 0 aromatic heterocycles. The van der Waals surface area contributed by atoms with Crippen LogP contribution in [0.15, 0.2) is 66.7 Å². The molecule has 3 aromatic carbocycles. The molecule has 3 aromatic rings. The third kappa shape index (κ3) is 5.68. The third-order valence-electron chi connectivity index (χ3n) is 5.96. The van der Waals surface area contributed by atoms with Crippen molar-refractivity contribution in [1.29, 1.82) is 0 Å². The lowest BCUT2D eigenvalue weighted by atomic mass is 9.98. The number of hydrogen-bond donors (Lipinski definition) is 2. The second-order valence-corrected chi connectivity index (χ2v) is 8.38. The standard InChI is InChI=1S/C27H24F2N2O5/c28-22-10-9-16(13-23(22)29)14-35-26(33)24(11-12-25(30)32)31-27(34)36-15-21-19-7-3-1-5-17(19)18-6-2-4-8-20(18)21/h1-10,13,21,24H,11-12,14-15H2,(H2,30,32)(H,31,34)/t24-/m0/s1. The second kappa shape index (κ2) is 11.0. The van der Waals surface area contributed by atoms with Crippen LogP contribution in [0.1, 0.15) is 35.4 Å². The van der Waals surface area contributed by atoms with E-state index in [1.807, 2.05) is 48.5 Å². The number of primary amides is 1. The number of carbonyl (C=O) groups is 3. The van der Waals surface area contributed by atoms with Gasteiger partial charge >= 0.3 is 12.1 Å². The summed E-state index contributed by atoms with van der Waals surface area (Å²) < 4.78 is 37.1. The predicted molar refractivity (Wildman–Crippen MR) is 127 cm³/mol. The minimum absolute atomic E-state index is 0.0340. The number of benzene rings is 3. The van der Waals surface area contributed by atoms with E-state index in [2.05, 4.69) is 5.32 Å². The molecule has 0 saturated heterocycles. The Kier molecular flexibility index (Phi) is 7.58. The number of alkyl carbamates (subject to hydrolysis) is 1. The highest BCUT2D eigenvalue weighted by molar-refractivity contribution is 5.83. The molecule has 0 heterocycles. The van der Waals surface area contributed by atoms with E-state index >= 15 is 0 Å². The molecule has 7 nitrogen and oxygen atoms in total. The van der Waals surface area contributed by atoms with E-state index in [0.717, 1.165) is 34.4 Å². The van der Waals surface area contributed by atoms with Crippen molar-refractivity contribution in [3.63, 3.8) is 0 Å². The van der Waals surface area contributed by atoms with Crippen LogP contribution in [0.3, 0.4) is 0 Å². The Morgan fingerprint density at radius 2 is 1.53 bits per heavy atom. The SMILES string of the molecule is NC(=O)CC[C@H](NC(=O)OCC1c2ccccc2-c2ccccc21)C(=O)OCc1ccc(F)c(F)c1. The van der Waals surface area contributed by atoms with Gasteiger partial charge in [0.15, 0.2) is 11.6 Å². The van der Waals surface area contributed by atoms with Crippen LogP contribution in [0, 0.1) is 11.6 Å². The van der Waals surface area contributed by atoms with Crippen LogP contribution in [0.4, 0.5) is 13.6 Å². The maximum absolute atomic E-state index is 13.4. The number of ether oxygens (including phenoxy) is 2. The highest BCUT2D eigenvalue weighted by atomic mass is 19.2. The first-order valence-corrected chi connectivity index (χ1v) is 11.3. The van der Waals surface area contributed by atoms with E-state index in [1.165, 1.54) is 6.07 Å². The van der Waals surface area contributed by atoms with E-state index in [4.69, 9.17) is 15.2 Å². The number of nitrogens with two attached hydrogens (primary N) is 1. The number of nitrogens with one attached hydrogen (secondary N) is 1. The Morgan fingerprint density at radius 3 is 2.14 bits per heavy atom. The molecule has 0 fully saturated rings. The first-order valence-electron chi connectivity index (χ1n) is 11.3. The molecular weight excluding hydrogens is 470 g/mol. The fraction of sp³-hybridized carbons (Fsp3) is 0.222. The Balaban J connectivity index is 1.39. The third-order valence-corrected chi connectivity index (χ3v) is 5.96.